The second-order valence-electron chi connectivity index (χ2n) is 10.4. The van der Waals surface area contributed by atoms with Gasteiger partial charge in [0.2, 0.25) is 0 Å². The number of amides is 3. The molecule has 234 valence electrons. The van der Waals surface area contributed by atoms with Crippen LogP contribution in [0.3, 0.4) is 0 Å². The van der Waals surface area contributed by atoms with Crippen LogP contribution in [0.15, 0.2) is 48.7 Å². The Morgan fingerprint density at radius 3 is 2.53 bits per heavy atom. The molecule has 0 bridgehead atoms. The maximum Gasteiger partial charge on any atom is 0.474 e. The van der Waals surface area contributed by atoms with Gasteiger partial charge in [-0.3, -0.25) is 18.9 Å². The molecular weight excluding hydrogens is 609 g/mol. The molecule has 0 aliphatic carbocycles. The van der Waals surface area contributed by atoms with Gasteiger partial charge in [0.05, 0.1) is 17.7 Å². The predicted octanol–water partition coefficient (Wildman–Crippen LogP) is 6.76. The fourth-order valence-corrected chi connectivity index (χ4v) is 5.14. The zero-order valence-corrected chi connectivity index (χ0v) is 26.0. The molecule has 43 heavy (non-hydrogen) atoms. The van der Waals surface area contributed by atoms with E-state index < -0.39 is 43.0 Å². The number of ether oxygens (including phenoxy) is 1. The number of fused-ring (bicyclic) bond motifs is 1. The van der Waals surface area contributed by atoms with Crippen LogP contribution in [0, 0.1) is 17.0 Å². The number of phosphoric ester groups is 1. The maximum absolute atomic E-state index is 13.8. The maximum atomic E-state index is 13.8. The summed E-state index contributed by atoms with van der Waals surface area (Å²) in [6.07, 6.45) is 0.842. The van der Waals surface area contributed by atoms with Crippen LogP contribution in [-0.4, -0.2) is 62.5 Å². The van der Waals surface area contributed by atoms with E-state index in [4.69, 9.17) is 29.9 Å². The van der Waals surface area contributed by atoms with Crippen LogP contribution >= 0.6 is 19.4 Å². The van der Waals surface area contributed by atoms with Crippen LogP contribution in [0.1, 0.15) is 25.8 Å². The highest BCUT2D eigenvalue weighted by molar-refractivity contribution is 7.48. The van der Waals surface area contributed by atoms with Gasteiger partial charge in [-0.2, -0.15) is 0 Å². The molecule has 0 aliphatic rings. The Morgan fingerprint density at radius 2 is 1.84 bits per heavy atom. The summed E-state index contributed by atoms with van der Waals surface area (Å²) >= 11 is 6.01. The first-order valence-electron chi connectivity index (χ1n) is 13.0. The van der Waals surface area contributed by atoms with E-state index in [2.05, 4.69) is 15.6 Å². The first-order valence-corrected chi connectivity index (χ1v) is 14.9. The van der Waals surface area contributed by atoms with Crippen molar-refractivity contribution in [1.29, 1.82) is 0 Å². The first kappa shape index (κ1) is 34.1. The highest BCUT2D eigenvalue weighted by atomic mass is 35.5. The molecule has 1 heterocycles. The SMILES string of the molecule is COP(=O)(OC)OCC(C)(C)C[C@@H](COC(=O)Nc1cc2cc(F)ccc2cn1)N(C)C(=O)NCc1cccc(F)c1Cl. The number of hydrogen-bond donors (Lipinski definition) is 2. The first-order chi connectivity index (χ1) is 20.3. The number of nitrogens with zero attached hydrogens (tertiary/aromatic N) is 2. The molecular formula is C28H34ClF2N4O7P. The van der Waals surface area contributed by atoms with Crippen LogP contribution < -0.4 is 10.6 Å². The third-order valence-corrected chi connectivity index (χ3v) is 8.26. The number of nitrogens with one attached hydrogen (secondary N) is 2. The minimum atomic E-state index is -3.77. The molecule has 11 nitrogen and oxygen atoms in total. The van der Waals surface area contributed by atoms with Crippen LogP contribution in [0.25, 0.3) is 10.8 Å². The van der Waals surface area contributed by atoms with E-state index >= 15 is 0 Å². The van der Waals surface area contributed by atoms with Crippen LogP contribution in [-0.2, 0) is 29.4 Å². The lowest BCUT2D eigenvalue weighted by molar-refractivity contribution is 0.0633. The highest BCUT2D eigenvalue weighted by Crippen LogP contribution is 2.49. The number of urea groups is 1. The Morgan fingerprint density at radius 1 is 1.12 bits per heavy atom. The zero-order valence-electron chi connectivity index (χ0n) is 24.4. The zero-order chi connectivity index (χ0) is 31.8. The lowest BCUT2D eigenvalue weighted by Gasteiger charge is -2.35. The van der Waals surface area contributed by atoms with Crippen molar-refractivity contribution in [3.05, 3.63) is 70.9 Å². The molecule has 0 saturated carbocycles. The number of carbonyl (C=O) groups excluding carboxylic acids is 2. The lowest BCUT2D eigenvalue weighted by atomic mass is 9.86. The van der Waals surface area contributed by atoms with E-state index in [1.54, 1.807) is 26.0 Å². The molecule has 0 radical (unpaired) electrons. The van der Waals surface area contributed by atoms with Gasteiger partial charge >= 0.3 is 19.9 Å². The summed E-state index contributed by atoms with van der Waals surface area (Å²) in [6.45, 7) is 3.20. The van der Waals surface area contributed by atoms with Gasteiger partial charge < -0.3 is 15.0 Å². The molecule has 0 fully saturated rings. The fraction of sp³-hybridized carbons (Fsp3) is 0.393. The lowest BCUT2D eigenvalue weighted by Crippen LogP contribution is -2.48. The van der Waals surface area contributed by atoms with Gasteiger partial charge in [-0.05, 0) is 53.1 Å². The highest BCUT2D eigenvalue weighted by Gasteiger charge is 2.33. The van der Waals surface area contributed by atoms with E-state index in [0.29, 0.717) is 16.3 Å². The largest absolute Gasteiger partial charge is 0.474 e. The van der Waals surface area contributed by atoms with E-state index in [-0.39, 0.29) is 37.0 Å². The van der Waals surface area contributed by atoms with Gasteiger partial charge in [0, 0.05) is 39.4 Å². The van der Waals surface area contributed by atoms with Crippen molar-refractivity contribution in [1.82, 2.24) is 15.2 Å². The van der Waals surface area contributed by atoms with Crippen molar-refractivity contribution in [3.63, 3.8) is 0 Å². The van der Waals surface area contributed by atoms with E-state index in [0.717, 1.165) is 0 Å². The molecule has 3 amide bonds. The van der Waals surface area contributed by atoms with Gasteiger partial charge in [-0.25, -0.2) is 27.9 Å². The van der Waals surface area contributed by atoms with Crippen LogP contribution in [0.5, 0.6) is 0 Å². The second kappa shape index (κ2) is 14.9. The van der Waals surface area contributed by atoms with Gasteiger partial charge in [-0.15, -0.1) is 0 Å². The average molecular weight is 643 g/mol. The van der Waals surface area contributed by atoms with Crippen molar-refractivity contribution in [2.45, 2.75) is 32.9 Å². The van der Waals surface area contributed by atoms with E-state index in [1.807, 2.05) is 0 Å². The number of anilines is 1. The Hall–Kier alpha value is -3.35. The summed E-state index contributed by atoms with van der Waals surface area (Å²) in [5.41, 5.74) is -0.344. The smallest absolute Gasteiger partial charge is 0.447 e. The summed E-state index contributed by atoms with van der Waals surface area (Å²) in [7, 11) is 0.112. The summed E-state index contributed by atoms with van der Waals surface area (Å²) in [5.74, 6) is -0.910. The molecule has 3 aromatic rings. The summed E-state index contributed by atoms with van der Waals surface area (Å²) in [5, 5.41) is 6.29. The quantitative estimate of drug-likeness (QED) is 0.196. The summed E-state index contributed by atoms with van der Waals surface area (Å²) in [4.78, 5) is 31.3. The Bertz CT molecular complexity index is 1490. The number of rotatable bonds is 13. The third-order valence-electron chi connectivity index (χ3n) is 6.50. The molecule has 15 heteroatoms. The molecule has 0 spiro atoms. The van der Waals surface area contributed by atoms with Crippen LogP contribution in [0.4, 0.5) is 24.2 Å². The minimum absolute atomic E-state index is 0.0561. The molecule has 0 unspecified atom stereocenters. The van der Waals surface area contributed by atoms with Gasteiger partial charge in [0.1, 0.15) is 24.1 Å². The number of benzene rings is 2. The van der Waals surface area contributed by atoms with Crippen LogP contribution in [0.2, 0.25) is 5.02 Å². The second-order valence-corrected chi connectivity index (χ2v) is 12.6. The number of pyridine rings is 1. The molecule has 1 aromatic heterocycles. The van der Waals surface area contributed by atoms with E-state index in [1.165, 1.54) is 62.7 Å². The standard InChI is InChI=1S/C28H34ClF2N4O7P/c1-28(2,17-42-43(38,39-4)40-5)13-22(35(3)26(36)33-15-19-7-6-8-23(31)25(19)29)16-41-27(37)34-24-12-20-11-21(30)10-9-18(20)14-32-24/h6-12,14,22H,13,15-17H2,1-5H3,(H,33,36)(H,32,34,37)/t22-/m0/s1. The molecule has 3 rings (SSSR count). The number of carbonyl (C=O) groups is 2. The number of hydrogen-bond acceptors (Lipinski definition) is 8. The Labute approximate surface area is 253 Å². The van der Waals surface area contributed by atoms with E-state index in [9.17, 15) is 22.9 Å². The van der Waals surface area contributed by atoms with Gasteiger partial charge in [0.15, 0.2) is 0 Å². The monoisotopic (exact) mass is 642 g/mol. The fourth-order valence-electron chi connectivity index (χ4n) is 4.08. The summed E-state index contributed by atoms with van der Waals surface area (Å²) < 4.78 is 60.4. The van der Waals surface area contributed by atoms with Gasteiger partial charge in [0.25, 0.3) is 0 Å². The Kier molecular flexibility index (Phi) is 11.8. The van der Waals surface area contributed by atoms with Crippen molar-refractivity contribution in [3.8, 4) is 0 Å². The number of likely N-dealkylation sites (N-methyl/N-ethyl adjacent to an activating group) is 1. The number of halogens is 3. The molecule has 2 aromatic carbocycles. The number of aromatic nitrogens is 1. The normalized spacial score (nSPS) is 12.6. The van der Waals surface area contributed by atoms with Crippen molar-refractivity contribution in [2.24, 2.45) is 5.41 Å². The third kappa shape index (κ3) is 9.84. The van der Waals surface area contributed by atoms with Crippen molar-refractivity contribution < 1.29 is 41.2 Å². The molecule has 2 N–H and O–H groups in total. The van der Waals surface area contributed by atoms with Crippen molar-refractivity contribution >= 4 is 48.1 Å². The topological polar surface area (TPSA) is 128 Å². The number of phosphoric acid groups is 1. The molecule has 1 atom stereocenters. The van der Waals surface area contributed by atoms with Crippen molar-refractivity contribution in [2.75, 3.05) is 39.8 Å². The van der Waals surface area contributed by atoms with Gasteiger partial charge in [-0.1, -0.05) is 37.6 Å². The average Bonchev–Trinajstić information content (AvgIpc) is 2.98. The minimum Gasteiger partial charge on any atom is -0.447 e. The molecule has 0 saturated heterocycles. The Balaban J connectivity index is 1.71. The summed E-state index contributed by atoms with van der Waals surface area (Å²) in [6, 6.07) is 8.68. The predicted molar refractivity (Wildman–Crippen MR) is 158 cm³/mol. The molecule has 0 aliphatic heterocycles.